The molecule has 21 heavy (non-hydrogen) atoms. The summed E-state index contributed by atoms with van der Waals surface area (Å²) < 4.78 is 0. The van der Waals surface area contributed by atoms with Gasteiger partial charge in [-0.3, -0.25) is 9.59 Å². The van der Waals surface area contributed by atoms with E-state index in [-0.39, 0.29) is 5.91 Å². The van der Waals surface area contributed by atoms with Gasteiger partial charge >= 0.3 is 5.97 Å². The van der Waals surface area contributed by atoms with Crippen molar-refractivity contribution in [3.05, 3.63) is 0 Å². The van der Waals surface area contributed by atoms with Gasteiger partial charge in [0.05, 0.1) is 0 Å². The first-order valence-corrected chi connectivity index (χ1v) is 7.45. The van der Waals surface area contributed by atoms with E-state index < -0.39 is 28.9 Å². The van der Waals surface area contributed by atoms with Gasteiger partial charge in [0.1, 0.15) is 11.6 Å². The molecule has 1 unspecified atom stereocenters. The largest absolute Gasteiger partial charge is 0.480 e. The molecule has 0 bridgehead atoms. The molecule has 0 spiro atoms. The van der Waals surface area contributed by atoms with Crippen molar-refractivity contribution in [2.24, 2.45) is 5.41 Å². The summed E-state index contributed by atoms with van der Waals surface area (Å²) in [5.41, 5.74) is -1.78. The van der Waals surface area contributed by atoms with Gasteiger partial charge < -0.3 is 15.7 Å². The Balaban J connectivity index is 2.70. The van der Waals surface area contributed by atoms with E-state index in [1.165, 1.54) is 0 Å². The van der Waals surface area contributed by atoms with Crippen LogP contribution in [-0.4, -0.2) is 34.5 Å². The fourth-order valence-electron chi connectivity index (χ4n) is 2.37. The van der Waals surface area contributed by atoms with Gasteiger partial charge in [-0.2, -0.15) is 0 Å². The smallest absolute Gasteiger partial charge is 0.329 e. The molecule has 1 aliphatic carbocycles. The topological polar surface area (TPSA) is 95.5 Å². The van der Waals surface area contributed by atoms with Gasteiger partial charge in [0, 0.05) is 5.41 Å². The molecule has 1 fully saturated rings. The van der Waals surface area contributed by atoms with Crippen molar-refractivity contribution in [2.75, 3.05) is 0 Å². The second-order valence-corrected chi connectivity index (χ2v) is 6.88. The van der Waals surface area contributed by atoms with Crippen molar-refractivity contribution in [3.63, 3.8) is 0 Å². The van der Waals surface area contributed by atoms with Crippen molar-refractivity contribution in [1.82, 2.24) is 10.6 Å². The zero-order valence-electron chi connectivity index (χ0n) is 13.3. The highest BCUT2D eigenvalue weighted by Gasteiger charge is 2.41. The zero-order chi connectivity index (χ0) is 16.3. The average Bonchev–Trinajstić information content (AvgIpc) is 2.38. The highest BCUT2D eigenvalue weighted by atomic mass is 16.4. The third kappa shape index (κ3) is 4.44. The van der Waals surface area contributed by atoms with Gasteiger partial charge in [0.2, 0.25) is 11.8 Å². The van der Waals surface area contributed by atoms with Crippen LogP contribution in [0.5, 0.6) is 0 Å². The van der Waals surface area contributed by atoms with Crippen LogP contribution in [0.3, 0.4) is 0 Å². The molecule has 6 nitrogen and oxygen atoms in total. The Kier molecular flexibility index (Phi) is 5.36. The Morgan fingerprint density at radius 2 is 1.62 bits per heavy atom. The highest BCUT2D eigenvalue weighted by molar-refractivity contribution is 5.92. The Hall–Kier alpha value is -1.59. The SMILES string of the molecule is CC(NC(=O)C(C)(C)C)C(=O)NC1(C(=O)O)CCCCC1. The van der Waals surface area contributed by atoms with Gasteiger partial charge in [-0.05, 0) is 19.8 Å². The van der Waals surface area contributed by atoms with E-state index in [1.54, 1.807) is 27.7 Å². The Morgan fingerprint density at radius 3 is 2.05 bits per heavy atom. The number of carbonyl (C=O) groups excluding carboxylic acids is 2. The second kappa shape index (κ2) is 6.45. The van der Waals surface area contributed by atoms with Crippen LogP contribution in [0.2, 0.25) is 0 Å². The van der Waals surface area contributed by atoms with E-state index in [9.17, 15) is 19.5 Å². The number of carboxylic acid groups (broad SMARTS) is 1. The quantitative estimate of drug-likeness (QED) is 0.732. The van der Waals surface area contributed by atoms with Gasteiger partial charge in [0.15, 0.2) is 0 Å². The van der Waals surface area contributed by atoms with Crippen molar-refractivity contribution in [1.29, 1.82) is 0 Å². The maximum absolute atomic E-state index is 12.2. The lowest BCUT2D eigenvalue weighted by Gasteiger charge is -2.35. The molecule has 3 N–H and O–H groups in total. The van der Waals surface area contributed by atoms with Crippen LogP contribution in [0.25, 0.3) is 0 Å². The van der Waals surface area contributed by atoms with Gasteiger partial charge in [0.25, 0.3) is 0 Å². The summed E-state index contributed by atoms with van der Waals surface area (Å²) in [6.07, 6.45) is 3.44. The van der Waals surface area contributed by atoms with Crippen molar-refractivity contribution in [3.8, 4) is 0 Å². The summed E-state index contributed by atoms with van der Waals surface area (Å²) in [7, 11) is 0. The van der Waals surface area contributed by atoms with E-state index in [0.29, 0.717) is 12.8 Å². The van der Waals surface area contributed by atoms with E-state index >= 15 is 0 Å². The lowest BCUT2D eigenvalue weighted by atomic mass is 9.81. The summed E-state index contributed by atoms with van der Waals surface area (Å²) in [6.45, 7) is 6.84. The van der Waals surface area contributed by atoms with Crippen LogP contribution in [0.1, 0.15) is 59.8 Å². The molecule has 0 saturated heterocycles. The van der Waals surface area contributed by atoms with E-state index in [4.69, 9.17) is 0 Å². The van der Waals surface area contributed by atoms with Crippen molar-refractivity contribution >= 4 is 17.8 Å². The molecule has 0 radical (unpaired) electrons. The fourth-order valence-corrected chi connectivity index (χ4v) is 2.37. The fraction of sp³-hybridized carbons (Fsp3) is 0.800. The summed E-state index contributed by atoms with van der Waals surface area (Å²) in [5.74, 6) is -1.68. The maximum atomic E-state index is 12.2. The first-order chi connectivity index (χ1) is 9.58. The Morgan fingerprint density at radius 1 is 1.10 bits per heavy atom. The third-order valence-corrected chi connectivity index (χ3v) is 3.90. The molecular weight excluding hydrogens is 272 g/mol. The van der Waals surface area contributed by atoms with Crippen LogP contribution in [-0.2, 0) is 14.4 Å². The molecule has 0 heterocycles. The molecule has 1 rings (SSSR count). The molecule has 0 aromatic heterocycles. The van der Waals surface area contributed by atoms with Crippen molar-refractivity contribution in [2.45, 2.75) is 71.4 Å². The predicted molar refractivity (Wildman–Crippen MR) is 78.7 cm³/mol. The normalized spacial score (nSPS) is 19.4. The lowest BCUT2D eigenvalue weighted by Crippen LogP contribution is -2.60. The van der Waals surface area contributed by atoms with E-state index in [2.05, 4.69) is 10.6 Å². The number of amides is 2. The van der Waals surface area contributed by atoms with Crippen LogP contribution >= 0.6 is 0 Å². The Bertz CT molecular complexity index is 420. The summed E-state index contributed by atoms with van der Waals surface area (Å²) >= 11 is 0. The summed E-state index contributed by atoms with van der Waals surface area (Å²) in [4.78, 5) is 35.6. The first-order valence-electron chi connectivity index (χ1n) is 7.45. The van der Waals surface area contributed by atoms with E-state index in [1.807, 2.05) is 0 Å². The molecule has 0 aromatic rings. The second-order valence-electron chi connectivity index (χ2n) is 6.88. The maximum Gasteiger partial charge on any atom is 0.329 e. The Labute approximate surface area is 125 Å². The molecular formula is C15H26N2O4. The number of hydrogen-bond acceptors (Lipinski definition) is 3. The van der Waals surface area contributed by atoms with Gasteiger partial charge in [-0.25, -0.2) is 4.79 Å². The number of aliphatic carboxylic acids is 1. The van der Waals surface area contributed by atoms with Crippen LogP contribution in [0, 0.1) is 5.41 Å². The molecule has 1 saturated carbocycles. The predicted octanol–water partition coefficient (Wildman–Crippen LogP) is 1.44. The minimum atomic E-state index is -1.18. The number of hydrogen-bond donors (Lipinski definition) is 3. The molecule has 1 aliphatic rings. The first kappa shape index (κ1) is 17.5. The standard InChI is InChI=1S/C15H26N2O4/c1-10(16-12(19)14(2,3)4)11(18)17-15(13(20)21)8-6-5-7-9-15/h10H,5-9H2,1-4H3,(H,16,19)(H,17,18)(H,20,21). The minimum absolute atomic E-state index is 0.238. The number of carbonyl (C=O) groups is 3. The van der Waals surface area contributed by atoms with Gasteiger partial charge in [-0.1, -0.05) is 40.0 Å². The lowest BCUT2D eigenvalue weighted by molar-refractivity contribution is -0.149. The number of rotatable bonds is 4. The molecule has 2 amide bonds. The van der Waals surface area contributed by atoms with Crippen LogP contribution < -0.4 is 10.6 Å². The molecule has 0 aliphatic heterocycles. The van der Waals surface area contributed by atoms with Crippen LogP contribution in [0.4, 0.5) is 0 Å². The molecule has 1 atom stereocenters. The molecule has 120 valence electrons. The zero-order valence-corrected chi connectivity index (χ0v) is 13.3. The third-order valence-electron chi connectivity index (χ3n) is 3.90. The summed E-state index contributed by atoms with van der Waals surface area (Å²) in [6, 6.07) is -0.755. The average molecular weight is 298 g/mol. The highest BCUT2D eigenvalue weighted by Crippen LogP contribution is 2.28. The molecule has 0 aromatic carbocycles. The monoisotopic (exact) mass is 298 g/mol. The van der Waals surface area contributed by atoms with Crippen molar-refractivity contribution < 1.29 is 19.5 Å². The van der Waals surface area contributed by atoms with E-state index in [0.717, 1.165) is 19.3 Å². The number of carboxylic acids is 1. The molecule has 6 heteroatoms. The number of nitrogens with one attached hydrogen (secondary N) is 2. The van der Waals surface area contributed by atoms with Crippen LogP contribution in [0.15, 0.2) is 0 Å². The summed E-state index contributed by atoms with van der Waals surface area (Å²) in [5, 5.41) is 14.7. The van der Waals surface area contributed by atoms with Gasteiger partial charge in [-0.15, -0.1) is 0 Å². The minimum Gasteiger partial charge on any atom is -0.480 e.